The van der Waals surface area contributed by atoms with E-state index in [0.29, 0.717) is 43.3 Å². The molecule has 1 amide bonds. The lowest BCUT2D eigenvalue weighted by Gasteiger charge is -2.38. The van der Waals surface area contributed by atoms with Gasteiger partial charge in [-0.1, -0.05) is 19.1 Å². The normalized spacial score (nSPS) is 19.6. The molecule has 4 rings (SSSR count). The summed E-state index contributed by atoms with van der Waals surface area (Å²) in [5, 5.41) is 3.94. The van der Waals surface area contributed by atoms with Gasteiger partial charge in [0.15, 0.2) is 5.95 Å². The molecule has 3 N–H and O–H groups in total. The van der Waals surface area contributed by atoms with Crippen LogP contribution in [0.2, 0.25) is 0 Å². The Balaban J connectivity index is 1.56. The fourth-order valence-electron chi connectivity index (χ4n) is 4.80. The summed E-state index contributed by atoms with van der Waals surface area (Å²) in [6.45, 7) is 7.34. The minimum absolute atomic E-state index is 0.0707. The Morgan fingerprint density at radius 1 is 1.23 bits per heavy atom. The van der Waals surface area contributed by atoms with E-state index < -0.39 is 16.1 Å². The van der Waals surface area contributed by atoms with Gasteiger partial charge in [-0.25, -0.2) is 13.4 Å². The number of carbonyl (C=O) groups is 1. The van der Waals surface area contributed by atoms with Crippen molar-refractivity contribution in [1.82, 2.24) is 24.6 Å². The molecule has 0 unspecified atom stereocenters. The fourth-order valence-corrected chi connectivity index (χ4v) is 6.19. The molecule has 1 aliphatic heterocycles. The molecule has 2 aromatic heterocycles. The molecule has 3 atom stereocenters. The predicted molar refractivity (Wildman–Crippen MR) is 136 cm³/mol. The zero-order valence-corrected chi connectivity index (χ0v) is 21.3. The van der Waals surface area contributed by atoms with Crippen LogP contribution in [0.15, 0.2) is 47.8 Å². The Kier molecular flexibility index (Phi) is 7.71. The van der Waals surface area contributed by atoms with Gasteiger partial charge in [-0.05, 0) is 63.1 Å². The number of hydrogen-bond donors (Lipinski definition) is 3. The molecule has 9 nitrogen and oxygen atoms in total. The summed E-state index contributed by atoms with van der Waals surface area (Å²) in [5.41, 5.74) is 1.35. The van der Waals surface area contributed by atoms with E-state index in [2.05, 4.69) is 31.9 Å². The number of nitrogens with one attached hydrogen (secondary N) is 3. The number of aromatic amines is 1. The number of sulfonamides is 1. The number of aryl methyl sites for hydroxylation is 1. The van der Waals surface area contributed by atoms with E-state index in [1.165, 1.54) is 0 Å². The van der Waals surface area contributed by atoms with Crippen molar-refractivity contribution in [2.45, 2.75) is 63.4 Å². The van der Waals surface area contributed by atoms with Crippen molar-refractivity contribution in [1.29, 1.82) is 0 Å². The first kappa shape index (κ1) is 25.1. The Hall–Kier alpha value is -2.98. The number of amides is 1. The van der Waals surface area contributed by atoms with Crippen LogP contribution >= 0.6 is 0 Å². The lowest BCUT2D eigenvalue weighted by atomic mass is 9.92. The van der Waals surface area contributed by atoms with E-state index in [1.54, 1.807) is 30.7 Å². The number of fused-ring (bicyclic) bond motifs is 1. The van der Waals surface area contributed by atoms with E-state index in [9.17, 15) is 13.2 Å². The van der Waals surface area contributed by atoms with Crippen molar-refractivity contribution < 1.29 is 13.2 Å². The van der Waals surface area contributed by atoms with Crippen molar-refractivity contribution in [3.63, 3.8) is 0 Å². The Labute approximate surface area is 206 Å². The number of rotatable bonds is 9. The third-order valence-corrected chi connectivity index (χ3v) is 8.22. The van der Waals surface area contributed by atoms with E-state index in [1.807, 2.05) is 30.9 Å². The predicted octanol–water partition coefficient (Wildman–Crippen LogP) is 3.45. The molecule has 1 fully saturated rings. The summed E-state index contributed by atoms with van der Waals surface area (Å²) in [7, 11) is -3.99. The number of aromatic nitrogens is 3. The maximum atomic E-state index is 13.6. The molecule has 188 valence electrons. The Morgan fingerprint density at radius 2 is 2.06 bits per heavy atom. The van der Waals surface area contributed by atoms with E-state index >= 15 is 0 Å². The van der Waals surface area contributed by atoms with Crippen LogP contribution in [0.3, 0.4) is 0 Å². The molecule has 0 spiro atoms. The third-order valence-electron chi connectivity index (χ3n) is 6.72. The number of pyridine rings is 1. The molecule has 0 bridgehead atoms. The van der Waals surface area contributed by atoms with Gasteiger partial charge in [0.05, 0.1) is 5.52 Å². The topological polar surface area (TPSA) is 120 Å². The van der Waals surface area contributed by atoms with Crippen LogP contribution in [0.1, 0.15) is 45.1 Å². The van der Waals surface area contributed by atoms with Gasteiger partial charge in [0.2, 0.25) is 15.9 Å². The number of carbonyl (C=O) groups excluding carboxylic acids is 1. The second kappa shape index (κ2) is 10.7. The van der Waals surface area contributed by atoms with Crippen molar-refractivity contribution in [3.8, 4) is 0 Å². The van der Waals surface area contributed by atoms with Crippen molar-refractivity contribution in [2.24, 2.45) is 5.92 Å². The van der Waals surface area contributed by atoms with Gasteiger partial charge in [0.25, 0.3) is 0 Å². The summed E-state index contributed by atoms with van der Waals surface area (Å²) in [5.74, 6) is 1.02. The average molecular weight is 499 g/mol. The number of H-pyrrole nitrogens is 1. The first-order valence-corrected chi connectivity index (χ1v) is 13.6. The monoisotopic (exact) mass is 498 g/mol. The first-order chi connectivity index (χ1) is 16.8. The minimum Gasteiger partial charge on any atom is -0.356 e. The quantitative estimate of drug-likeness (QED) is 0.389. The second-order valence-corrected chi connectivity index (χ2v) is 11.2. The largest absolute Gasteiger partial charge is 0.356 e. The molecule has 1 aliphatic rings. The van der Waals surface area contributed by atoms with Gasteiger partial charge >= 0.3 is 0 Å². The van der Waals surface area contributed by atoms with Crippen LogP contribution in [0.5, 0.6) is 0 Å². The smallest absolute Gasteiger partial charge is 0.243 e. The summed E-state index contributed by atoms with van der Waals surface area (Å²) < 4.78 is 29.8. The van der Waals surface area contributed by atoms with Crippen LogP contribution in [-0.2, 0) is 14.8 Å². The minimum atomic E-state index is -3.99. The molecule has 3 heterocycles. The number of hydrogen-bond acceptors (Lipinski definition) is 6. The van der Waals surface area contributed by atoms with Crippen molar-refractivity contribution in [2.75, 3.05) is 18.4 Å². The van der Waals surface area contributed by atoms with Crippen LogP contribution in [0.25, 0.3) is 10.9 Å². The average Bonchev–Trinajstić information content (AvgIpc) is 3.34. The fraction of sp³-hybridized carbons (Fsp3) is 0.480. The van der Waals surface area contributed by atoms with Crippen LogP contribution in [-0.4, -0.2) is 59.4 Å². The highest BCUT2D eigenvalue weighted by atomic mass is 32.2. The summed E-state index contributed by atoms with van der Waals surface area (Å²) in [6.07, 6.45) is 7.77. The zero-order valence-electron chi connectivity index (χ0n) is 20.5. The third kappa shape index (κ3) is 5.82. The number of benzene rings is 1. The number of piperidine rings is 1. The molecule has 0 radical (unpaired) electrons. The first-order valence-electron chi connectivity index (χ1n) is 12.2. The van der Waals surface area contributed by atoms with Crippen LogP contribution in [0, 0.1) is 12.8 Å². The number of imidazole rings is 1. The number of para-hydroxylation sites is 1. The summed E-state index contributed by atoms with van der Waals surface area (Å²) >= 11 is 0. The maximum Gasteiger partial charge on any atom is 0.243 e. The highest BCUT2D eigenvalue weighted by Crippen LogP contribution is 2.26. The highest BCUT2D eigenvalue weighted by Gasteiger charge is 2.34. The van der Waals surface area contributed by atoms with E-state index in [4.69, 9.17) is 0 Å². The zero-order chi connectivity index (χ0) is 25.0. The molecule has 10 heteroatoms. The molecule has 35 heavy (non-hydrogen) atoms. The molecule has 1 saturated heterocycles. The van der Waals surface area contributed by atoms with E-state index in [0.717, 1.165) is 23.8 Å². The van der Waals surface area contributed by atoms with Crippen molar-refractivity contribution >= 4 is 32.8 Å². The summed E-state index contributed by atoms with van der Waals surface area (Å²) in [6, 6.07) is 6.17. The summed E-state index contributed by atoms with van der Waals surface area (Å²) in [4.78, 5) is 27.0. The Bertz CT molecular complexity index is 1260. The van der Waals surface area contributed by atoms with Gasteiger partial charge in [-0.15, -0.1) is 0 Å². The lowest BCUT2D eigenvalue weighted by Crippen LogP contribution is -2.53. The van der Waals surface area contributed by atoms with Gasteiger partial charge in [0, 0.05) is 43.1 Å². The second-order valence-electron chi connectivity index (χ2n) is 9.47. The van der Waals surface area contributed by atoms with E-state index in [-0.39, 0.29) is 16.8 Å². The van der Waals surface area contributed by atoms with Crippen LogP contribution < -0.4 is 10.0 Å². The molecular formula is C25H34N6O3S. The van der Waals surface area contributed by atoms with Crippen molar-refractivity contribution in [3.05, 3.63) is 48.4 Å². The lowest BCUT2D eigenvalue weighted by molar-refractivity contribution is -0.137. The molecular weight excluding hydrogens is 464 g/mol. The number of anilines is 1. The van der Waals surface area contributed by atoms with Gasteiger partial charge in [-0.3, -0.25) is 9.78 Å². The molecule has 0 aliphatic carbocycles. The molecule has 1 aromatic carbocycles. The van der Waals surface area contributed by atoms with Gasteiger partial charge in [0.1, 0.15) is 10.9 Å². The highest BCUT2D eigenvalue weighted by molar-refractivity contribution is 7.89. The maximum absolute atomic E-state index is 13.6. The van der Waals surface area contributed by atoms with Gasteiger partial charge in [-0.2, -0.15) is 4.72 Å². The van der Waals surface area contributed by atoms with Gasteiger partial charge < -0.3 is 15.2 Å². The number of nitrogens with zero attached hydrogens (tertiary/aromatic N) is 3. The standard InChI is InChI=1S/C25H34N6O3S/c1-17-10-15-31(19(3)16-17)24(32)21(7-5-11-27-25-28-13-14-29-25)30-35(33,34)22-8-4-6-20-18(2)9-12-26-23(20)22/h4,6,8-9,12-14,17,19,21,30H,5,7,10-11,15-16H2,1-3H3,(H2,27,28,29)/t17-,19-,21+/m1/s1. The number of likely N-dealkylation sites (tertiary alicyclic amines) is 1. The molecule has 0 saturated carbocycles. The SMILES string of the molecule is Cc1ccnc2c(S(=O)(=O)N[C@@H](CCCNc3ncc[nH]3)C(=O)N3CC[C@@H](C)C[C@H]3C)cccc12. The molecule has 3 aromatic rings. The Morgan fingerprint density at radius 3 is 2.80 bits per heavy atom. The van der Waals surface area contributed by atoms with Crippen LogP contribution in [0.4, 0.5) is 5.95 Å².